The highest BCUT2D eigenvalue weighted by Crippen LogP contribution is 2.23. The first-order valence-corrected chi connectivity index (χ1v) is 6.54. The summed E-state index contributed by atoms with van der Waals surface area (Å²) >= 11 is 3.39. The quantitative estimate of drug-likeness (QED) is 0.600. The van der Waals surface area contributed by atoms with E-state index in [1.54, 1.807) is 6.07 Å². The number of hydrazine groups is 1. The molecule has 98 valence electrons. The van der Waals surface area contributed by atoms with Crippen LogP contribution in [-0.4, -0.2) is 5.91 Å². The lowest BCUT2D eigenvalue weighted by Crippen LogP contribution is -2.17. The number of carbonyl (C=O) groups is 1. The molecule has 1 amide bonds. The summed E-state index contributed by atoms with van der Waals surface area (Å²) in [6, 6.07) is 12.9. The van der Waals surface area contributed by atoms with E-state index in [9.17, 15) is 4.79 Å². The van der Waals surface area contributed by atoms with E-state index in [0.29, 0.717) is 11.3 Å². The first kappa shape index (κ1) is 13.6. The molecule has 2 rings (SSSR count). The molecular weight excluding hydrogens is 306 g/mol. The van der Waals surface area contributed by atoms with E-state index in [0.717, 1.165) is 15.7 Å². The maximum absolute atomic E-state index is 12.2. The number of benzene rings is 2. The van der Waals surface area contributed by atoms with E-state index in [1.807, 2.05) is 43.3 Å². The number of para-hydroxylation sites is 1. The molecule has 0 aliphatic carbocycles. The topological polar surface area (TPSA) is 67.2 Å². The zero-order chi connectivity index (χ0) is 13.8. The van der Waals surface area contributed by atoms with Crippen molar-refractivity contribution in [3.63, 3.8) is 0 Å². The zero-order valence-corrected chi connectivity index (χ0v) is 12.0. The summed E-state index contributed by atoms with van der Waals surface area (Å²) in [6.07, 6.45) is 0. The van der Waals surface area contributed by atoms with Gasteiger partial charge in [0.2, 0.25) is 0 Å². The molecule has 0 fully saturated rings. The van der Waals surface area contributed by atoms with Crippen LogP contribution in [0.15, 0.2) is 46.9 Å². The molecule has 0 saturated carbocycles. The Morgan fingerprint density at radius 1 is 1.16 bits per heavy atom. The van der Waals surface area contributed by atoms with Crippen molar-refractivity contribution in [1.29, 1.82) is 0 Å². The molecule has 0 aliphatic rings. The van der Waals surface area contributed by atoms with Crippen LogP contribution < -0.4 is 16.6 Å². The summed E-state index contributed by atoms with van der Waals surface area (Å²) in [5, 5.41) is 2.84. The molecule has 4 N–H and O–H groups in total. The molecule has 0 radical (unpaired) electrons. The fourth-order valence-electron chi connectivity index (χ4n) is 1.73. The summed E-state index contributed by atoms with van der Waals surface area (Å²) in [6.45, 7) is 1.94. The second-order valence-electron chi connectivity index (χ2n) is 4.13. The first-order chi connectivity index (χ1) is 9.11. The van der Waals surface area contributed by atoms with Crippen molar-refractivity contribution in [1.82, 2.24) is 0 Å². The van der Waals surface area contributed by atoms with E-state index in [2.05, 4.69) is 26.7 Å². The Kier molecular flexibility index (Phi) is 4.19. The van der Waals surface area contributed by atoms with Crippen LogP contribution in [0.3, 0.4) is 0 Å². The minimum Gasteiger partial charge on any atom is -0.323 e. The minimum absolute atomic E-state index is 0.208. The molecular formula is C14H14BrN3O. The van der Waals surface area contributed by atoms with Gasteiger partial charge >= 0.3 is 0 Å². The van der Waals surface area contributed by atoms with E-state index in [4.69, 9.17) is 5.84 Å². The molecule has 0 atom stereocenters. The average molecular weight is 320 g/mol. The standard InChI is InChI=1S/C14H14BrN3O/c1-9-6-7-10(13(8-9)18-16)14(19)17-12-5-3-2-4-11(12)15/h2-8,18H,16H2,1H3,(H,17,19). The molecule has 2 aromatic carbocycles. The number of nitrogens with one attached hydrogen (secondary N) is 2. The summed E-state index contributed by atoms with van der Waals surface area (Å²) in [7, 11) is 0. The van der Waals surface area contributed by atoms with E-state index < -0.39 is 0 Å². The molecule has 0 spiro atoms. The first-order valence-electron chi connectivity index (χ1n) is 5.75. The van der Waals surface area contributed by atoms with Gasteiger partial charge in [0.05, 0.1) is 16.9 Å². The fraction of sp³-hybridized carbons (Fsp3) is 0.0714. The second kappa shape index (κ2) is 5.86. The Hall–Kier alpha value is -1.85. The lowest BCUT2D eigenvalue weighted by Gasteiger charge is -2.11. The monoisotopic (exact) mass is 319 g/mol. The van der Waals surface area contributed by atoms with Crippen LogP contribution in [0.4, 0.5) is 11.4 Å². The van der Waals surface area contributed by atoms with Crippen LogP contribution in [0.2, 0.25) is 0 Å². The summed E-state index contributed by atoms with van der Waals surface area (Å²) in [4.78, 5) is 12.2. The molecule has 4 nitrogen and oxygen atoms in total. The van der Waals surface area contributed by atoms with Gasteiger partial charge < -0.3 is 10.7 Å². The third-order valence-corrected chi connectivity index (χ3v) is 3.39. The predicted octanol–water partition coefficient (Wildman–Crippen LogP) is 3.30. The fourth-order valence-corrected chi connectivity index (χ4v) is 2.11. The smallest absolute Gasteiger partial charge is 0.257 e. The zero-order valence-electron chi connectivity index (χ0n) is 10.4. The van der Waals surface area contributed by atoms with Gasteiger partial charge in [0.25, 0.3) is 5.91 Å². The number of halogens is 1. The van der Waals surface area contributed by atoms with Crippen LogP contribution in [0.25, 0.3) is 0 Å². The predicted molar refractivity (Wildman–Crippen MR) is 81.1 cm³/mol. The Morgan fingerprint density at radius 2 is 1.89 bits per heavy atom. The maximum atomic E-state index is 12.2. The number of anilines is 2. The Bertz CT molecular complexity index is 613. The third kappa shape index (κ3) is 3.13. The van der Waals surface area contributed by atoms with Crippen molar-refractivity contribution in [2.45, 2.75) is 6.92 Å². The van der Waals surface area contributed by atoms with Gasteiger partial charge in [-0.05, 0) is 52.7 Å². The maximum Gasteiger partial charge on any atom is 0.257 e. The summed E-state index contributed by atoms with van der Waals surface area (Å²) in [5.41, 5.74) is 5.40. The van der Waals surface area contributed by atoms with Crippen molar-refractivity contribution in [3.8, 4) is 0 Å². The molecule has 0 bridgehead atoms. The van der Waals surface area contributed by atoms with E-state index in [1.165, 1.54) is 0 Å². The Balaban J connectivity index is 2.28. The molecule has 5 heteroatoms. The van der Waals surface area contributed by atoms with Gasteiger partial charge in [-0.2, -0.15) is 0 Å². The normalized spacial score (nSPS) is 10.1. The van der Waals surface area contributed by atoms with E-state index in [-0.39, 0.29) is 5.91 Å². The highest BCUT2D eigenvalue weighted by molar-refractivity contribution is 9.10. The lowest BCUT2D eigenvalue weighted by molar-refractivity contribution is 0.102. The lowest BCUT2D eigenvalue weighted by atomic mass is 10.1. The summed E-state index contributed by atoms with van der Waals surface area (Å²) in [5.74, 6) is 5.23. The SMILES string of the molecule is Cc1ccc(C(=O)Nc2ccccc2Br)c(NN)c1. The number of amides is 1. The van der Waals surface area contributed by atoms with Crippen LogP contribution in [0.1, 0.15) is 15.9 Å². The van der Waals surface area contributed by atoms with Crippen molar-refractivity contribution in [2.75, 3.05) is 10.7 Å². The highest BCUT2D eigenvalue weighted by atomic mass is 79.9. The average Bonchev–Trinajstić information content (AvgIpc) is 2.41. The van der Waals surface area contributed by atoms with Gasteiger partial charge in [-0.15, -0.1) is 0 Å². The van der Waals surface area contributed by atoms with Gasteiger partial charge in [0.1, 0.15) is 0 Å². The van der Waals surface area contributed by atoms with Gasteiger partial charge in [0, 0.05) is 4.47 Å². The van der Waals surface area contributed by atoms with Gasteiger partial charge in [0.15, 0.2) is 0 Å². The van der Waals surface area contributed by atoms with E-state index >= 15 is 0 Å². The van der Waals surface area contributed by atoms with Crippen molar-refractivity contribution in [3.05, 3.63) is 58.1 Å². The van der Waals surface area contributed by atoms with Crippen LogP contribution in [0, 0.1) is 6.92 Å². The molecule has 0 aliphatic heterocycles. The van der Waals surface area contributed by atoms with Crippen LogP contribution in [-0.2, 0) is 0 Å². The third-order valence-electron chi connectivity index (χ3n) is 2.70. The number of nitrogen functional groups attached to an aromatic ring is 1. The van der Waals surface area contributed by atoms with Gasteiger partial charge in [-0.25, -0.2) is 0 Å². The van der Waals surface area contributed by atoms with Gasteiger partial charge in [-0.3, -0.25) is 10.6 Å². The number of rotatable bonds is 3. The number of carbonyl (C=O) groups excluding carboxylic acids is 1. The second-order valence-corrected chi connectivity index (χ2v) is 4.98. The number of nitrogens with two attached hydrogens (primary N) is 1. The van der Waals surface area contributed by atoms with Crippen molar-refractivity contribution in [2.24, 2.45) is 5.84 Å². The van der Waals surface area contributed by atoms with Crippen molar-refractivity contribution < 1.29 is 4.79 Å². The number of aryl methyl sites for hydroxylation is 1. The number of hydrogen-bond acceptors (Lipinski definition) is 3. The van der Waals surface area contributed by atoms with Crippen LogP contribution in [0.5, 0.6) is 0 Å². The van der Waals surface area contributed by atoms with Gasteiger partial charge in [-0.1, -0.05) is 18.2 Å². The minimum atomic E-state index is -0.208. The Morgan fingerprint density at radius 3 is 2.58 bits per heavy atom. The molecule has 19 heavy (non-hydrogen) atoms. The van der Waals surface area contributed by atoms with Crippen molar-refractivity contribution >= 4 is 33.2 Å². The largest absolute Gasteiger partial charge is 0.323 e. The Labute approximate surface area is 120 Å². The molecule has 0 unspecified atom stereocenters. The number of hydrogen-bond donors (Lipinski definition) is 3. The molecule has 2 aromatic rings. The molecule has 0 heterocycles. The summed E-state index contributed by atoms with van der Waals surface area (Å²) < 4.78 is 0.831. The molecule has 0 aromatic heterocycles. The molecule has 0 saturated heterocycles. The highest BCUT2D eigenvalue weighted by Gasteiger charge is 2.12. The van der Waals surface area contributed by atoms with Crippen LogP contribution >= 0.6 is 15.9 Å².